The number of hydrogen-bond acceptors (Lipinski definition) is 6. The molecule has 0 saturated carbocycles. The highest BCUT2D eigenvalue weighted by Gasteiger charge is 2.25. The highest BCUT2D eigenvalue weighted by Crippen LogP contribution is 2.51. The quantitative estimate of drug-likeness (QED) is 0.599. The summed E-state index contributed by atoms with van der Waals surface area (Å²) in [5.41, 5.74) is 2.29. The van der Waals surface area contributed by atoms with Crippen molar-refractivity contribution in [3.8, 4) is 43.9 Å². The molecule has 1 aromatic carbocycles. The Morgan fingerprint density at radius 2 is 0.923 bits per heavy atom. The number of fused-ring (bicyclic) bond motifs is 2. The van der Waals surface area contributed by atoms with Crippen molar-refractivity contribution in [2.24, 2.45) is 0 Å². The third-order valence-electron chi connectivity index (χ3n) is 4.54. The maximum atomic E-state index is 5.87. The van der Waals surface area contributed by atoms with Crippen molar-refractivity contribution in [1.82, 2.24) is 0 Å². The van der Waals surface area contributed by atoms with E-state index in [1.165, 1.54) is 0 Å². The zero-order chi connectivity index (χ0) is 17.7. The molecule has 0 unspecified atom stereocenters. The molecule has 0 N–H and O–H groups in total. The summed E-state index contributed by atoms with van der Waals surface area (Å²) in [5, 5.41) is 0. The molecule has 0 atom stereocenters. The summed E-state index contributed by atoms with van der Waals surface area (Å²) in [6.45, 7) is 6.60. The Morgan fingerprint density at radius 1 is 0.577 bits per heavy atom. The second kappa shape index (κ2) is 6.21. The number of rotatable bonds is 2. The third-order valence-corrected chi connectivity index (χ3v) is 6.77. The Labute approximate surface area is 159 Å². The van der Waals surface area contributed by atoms with Gasteiger partial charge in [0.25, 0.3) is 0 Å². The molecule has 2 aromatic heterocycles. The molecular weight excluding hydrogens is 368 g/mol. The van der Waals surface area contributed by atoms with E-state index in [2.05, 4.69) is 38.1 Å². The fourth-order valence-corrected chi connectivity index (χ4v) is 5.44. The number of hydrogen-bond donors (Lipinski definition) is 0. The molecule has 2 aliphatic heterocycles. The van der Waals surface area contributed by atoms with E-state index in [0.29, 0.717) is 26.4 Å². The van der Waals surface area contributed by atoms with Crippen molar-refractivity contribution in [3.63, 3.8) is 0 Å². The summed E-state index contributed by atoms with van der Waals surface area (Å²) < 4.78 is 23.3. The average molecular weight is 386 g/mol. The summed E-state index contributed by atoms with van der Waals surface area (Å²) >= 11 is 3.44. The molecule has 0 radical (unpaired) electrons. The van der Waals surface area contributed by atoms with Gasteiger partial charge in [-0.1, -0.05) is 24.3 Å². The first kappa shape index (κ1) is 16.0. The smallest absolute Gasteiger partial charge is 0.180 e. The molecule has 0 aliphatic carbocycles. The number of benzene rings is 1. The first-order valence-corrected chi connectivity index (χ1v) is 10.2. The predicted octanol–water partition coefficient (Wildman–Crippen LogP) is 5.30. The van der Waals surface area contributed by atoms with E-state index in [9.17, 15) is 0 Å². The summed E-state index contributed by atoms with van der Waals surface area (Å²) in [6, 6.07) is 8.57. The number of thiophene rings is 2. The van der Waals surface area contributed by atoms with Crippen LogP contribution in [0.3, 0.4) is 0 Å². The zero-order valence-electron chi connectivity index (χ0n) is 14.6. The van der Waals surface area contributed by atoms with Gasteiger partial charge in [0.05, 0.1) is 9.75 Å². The van der Waals surface area contributed by atoms with Crippen molar-refractivity contribution in [3.05, 3.63) is 34.0 Å². The van der Waals surface area contributed by atoms with Crippen molar-refractivity contribution >= 4 is 22.7 Å². The molecule has 3 aromatic rings. The molecule has 0 bridgehead atoms. The predicted molar refractivity (Wildman–Crippen MR) is 105 cm³/mol. The lowest BCUT2D eigenvalue weighted by Gasteiger charge is -2.17. The first-order chi connectivity index (χ1) is 12.7. The van der Waals surface area contributed by atoms with Gasteiger partial charge in [0.2, 0.25) is 0 Å². The van der Waals surface area contributed by atoms with Crippen LogP contribution in [0.15, 0.2) is 24.3 Å². The lowest BCUT2D eigenvalue weighted by atomic mass is 10.1. The second-order valence-corrected chi connectivity index (χ2v) is 8.71. The van der Waals surface area contributed by atoms with Crippen LogP contribution in [-0.4, -0.2) is 26.4 Å². The van der Waals surface area contributed by atoms with Crippen LogP contribution in [0.5, 0.6) is 23.0 Å². The van der Waals surface area contributed by atoms with Crippen LogP contribution in [0.25, 0.3) is 20.9 Å². The first-order valence-electron chi connectivity index (χ1n) is 8.61. The minimum absolute atomic E-state index is 0.603. The van der Waals surface area contributed by atoms with Gasteiger partial charge in [-0.3, -0.25) is 0 Å². The molecule has 0 amide bonds. The molecular formula is C20H18O4S2. The summed E-state index contributed by atoms with van der Waals surface area (Å²) in [4.78, 5) is 4.58. The summed E-state index contributed by atoms with van der Waals surface area (Å²) in [7, 11) is 0. The Bertz CT molecular complexity index is 890. The standard InChI is InChI=1S/C20H18O4S2/c1-11-15-17(23-9-7-21-15)19(25-11)13-3-5-14(6-4-13)20-18-16(12(2)26-20)22-8-10-24-18/h3-6H,7-10H2,1-2H3. The molecule has 0 saturated heterocycles. The van der Waals surface area contributed by atoms with Gasteiger partial charge in [-0.2, -0.15) is 0 Å². The van der Waals surface area contributed by atoms with Gasteiger partial charge in [-0.15, -0.1) is 22.7 Å². The molecule has 134 valence electrons. The normalized spacial score (nSPS) is 15.2. The molecule has 2 aliphatic rings. The van der Waals surface area contributed by atoms with Crippen molar-refractivity contribution in [2.75, 3.05) is 26.4 Å². The Hall–Kier alpha value is -2.18. The van der Waals surface area contributed by atoms with Gasteiger partial charge < -0.3 is 18.9 Å². The molecule has 0 spiro atoms. The van der Waals surface area contributed by atoms with Crippen LogP contribution >= 0.6 is 22.7 Å². The lowest BCUT2D eigenvalue weighted by molar-refractivity contribution is 0.173. The molecule has 26 heavy (non-hydrogen) atoms. The summed E-state index contributed by atoms with van der Waals surface area (Å²) in [6.07, 6.45) is 0. The van der Waals surface area contributed by atoms with Crippen molar-refractivity contribution < 1.29 is 18.9 Å². The SMILES string of the molecule is Cc1sc(-c2ccc(-c3sc(C)c4c3OCCO4)cc2)c2c1OCCO2. The van der Waals surface area contributed by atoms with Gasteiger partial charge in [-0.25, -0.2) is 0 Å². The van der Waals surface area contributed by atoms with E-state index in [0.717, 1.165) is 53.6 Å². The number of ether oxygens (including phenoxy) is 4. The maximum Gasteiger partial charge on any atom is 0.180 e. The lowest BCUT2D eigenvalue weighted by Crippen LogP contribution is -2.15. The highest BCUT2D eigenvalue weighted by molar-refractivity contribution is 7.16. The van der Waals surface area contributed by atoms with Gasteiger partial charge >= 0.3 is 0 Å². The average Bonchev–Trinajstić information content (AvgIpc) is 3.20. The Balaban J connectivity index is 1.53. The zero-order valence-corrected chi connectivity index (χ0v) is 16.2. The highest BCUT2D eigenvalue weighted by atomic mass is 32.1. The fraction of sp³-hybridized carbons (Fsp3) is 0.300. The Kier molecular flexibility index (Phi) is 3.83. The molecule has 4 nitrogen and oxygen atoms in total. The second-order valence-electron chi connectivity index (χ2n) is 6.26. The van der Waals surface area contributed by atoms with Gasteiger partial charge in [0.1, 0.15) is 26.4 Å². The molecule has 5 rings (SSSR count). The minimum atomic E-state index is 0.603. The van der Waals surface area contributed by atoms with Crippen molar-refractivity contribution in [2.45, 2.75) is 13.8 Å². The monoisotopic (exact) mass is 386 g/mol. The molecule has 4 heterocycles. The van der Waals surface area contributed by atoms with Crippen LogP contribution in [0.4, 0.5) is 0 Å². The van der Waals surface area contributed by atoms with Crippen LogP contribution in [0, 0.1) is 13.8 Å². The van der Waals surface area contributed by atoms with Crippen molar-refractivity contribution in [1.29, 1.82) is 0 Å². The fourth-order valence-electron chi connectivity index (χ4n) is 3.34. The van der Waals surface area contributed by atoms with E-state index in [1.54, 1.807) is 22.7 Å². The summed E-state index contributed by atoms with van der Waals surface area (Å²) in [5.74, 6) is 3.56. The Morgan fingerprint density at radius 3 is 1.31 bits per heavy atom. The molecule has 0 fully saturated rings. The topological polar surface area (TPSA) is 36.9 Å². The van der Waals surface area contributed by atoms with E-state index >= 15 is 0 Å². The van der Waals surface area contributed by atoms with Gasteiger partial charge in [0, 0.05) is 9.75 Å². The van der Waals surface area contributed by atoms with Crippen LogP contribution in [-0.2, 0) is 0 Å². The minimum Gasteiger partial charge on any atom is -0.485 e. The maximum absolute atomic E-state index is 5.87. The van der Waals surface area contributed by atoms with E-state index < -0.39 is 0 Å². The van der Waals surface area contributed by atoms with Gasteiger partial charge in [0.15, 0.2) is 23.0 Å². The van der Waals surface area contributed by atoms with Crippen LogP contribution < -0.4 is 18.9 Å². The van der Waals surface area contributed by atoms with E-state index in [1.807, 2.05) is 0 Å². The van der Waals surface area contributed by atoms with E-state index in [-0.39, 0.29) is 0 Å². The largest absolute Gasteiger partial charge is 0.485 e. The van der Waals surface area contributed by atoms with E-state index in [4.69, 9.17) is 18.9 Å². The van der Waals surface area contributed by atoms with Crippen LogP contribution in [0.1, 0.15) is 9.75 Å². The van der Waals surface area contributed by atoms with Gasteiger partial charge in [-0.05, 0) is 25.0 Å². The third kappa shape index (κ3) is 2.47. The van der Waals surface area contributed by atoms with Crippen LogP contribution in [0.2, 0.25) is 0 Å². The number of aryl methyl sites for hydroxylation is 2. The molecule has 6 heteroatoms.